The van der Waals surface area contributed by atoms with Gasteiger partial charge in [0.05, 0.1) is 0 Å². The summed E-state index contributed by atoms with van der Waals surface area (Å²) in [5.74, 6) is 2.71. The van der Waals surface area contributed by atoms with Gasteiger partial charge in [0.25, 0.3) is 0 Å². The molecule has 114 valence electrons. The van der Waals surface area contributed by atoms with Crippen LogP contribution in [0.15, 0.2) is 30.3 Å². The molecule has 0 spiro atoms. The zero-order valence-electron chi connectivity index (χ0n) is 12.6. The number of hydrogen-bond acceptors (Lipinski definition) is 2. The van der Waals surface area contributed by atoms with Crippen molar-refractivity contribution in [3.63, 3.8) is 0 Å². The molecule has 2 saturated carbocycles. The summed E-state index contributed by atoms with van der Waals surface area (Å²) in [6, 6.07) is 9.97. The van der Waals surface area contributed by atoms with E-state index in [2.05, 4.69) is 5.32 Å². The maximum Gasteiger partial charge on any atom is 0.220 e. The van der Waals surface area contributed by atoms with E-state index in [9.17, 15) is 4.79 Å². The topological polar surface area (TPSA) is 55.1 Å². The number of nitrogens with one attached hydrogen (secondary N) is 1. The lowest BCUT2D eigenvalue weighted by atomic mass is 9.89. The van der Waals surface area contributed by atoms with Gasteiger partial charge in [-0.25, -0.2) is 0 Å². The molecular weight excluding hydrogens is 260 g/mol. The van der Waals surface area contributed by atoms with Gasteiger partial charge >= 0.3 is 0 Å². The van der Waals surface area contributed by atoms with Crippen molar-refractivity contribution in [1.29, 1.82) is 0 Å². The first kappa shape index (κ1) is 14.6. The van der Waals surface area contributed by atoms with Gasteiger partial charge in [-0.3, -0.25) is 4.79 Å². The molecule has 4 unspecified atom stereocenters. The summed E-state index contributed by atoms with van der Waals surface area (Å²) in [6.45, 7) is 0.876. The molecule has 1 aromatic rings. The number of fused-ring (bicyclic) bond motifs is 2. The Morgan fingerprint density at radius 3 is 2.71 bits per heavy atom. The lowest BCUT2D eigenvalue weighted by Crippen LogP contribution is -2.31. The highest BCUT2D eigenvalue weighted by Crippen LogP contribution is 2.47. The maximum absolute atomic E-state index is 12.0. The van der Waals surface area contributed by atoms with E-state index >= 15 is 0 Å². The quantitative estimate of drug-likeness (QED) is 0.844. The summed E-state index contributed by atoms with van der Waals surface area (Å²) in [7, 11) is 0. The molecule has 2 fully saturated rings. The van der Waals surface area contributed by atoms with Gasteiger partial charge in [-0.1, -0.05) is 36.8 Å². The number of benzene rings is 1. The zero-order valence-corrected chi connectivity index (χ0v) is 12.6. The molecule has 21 heavy (non-hydrogen) atoms. The number of carbonyl (C=O) groups excluding carboxylic acids is 1. The molecule has 2 aliphatic rings. The molecule has 0 saturated heterocycles. The van der Waals surface area contributed by atoms with Crippen LogP contribution in [0.4, 0.5) is 0 Å². The van der Waals surface area contributed by atoms with Gasteiger partial charge < -0.3 is 11.1 Å². The Morgan fingerprint density at radius 1 is 1.24 bits per heavy atom. The molecule has 0 aliphatic heterocycles. The molecule has 0 heterocycles. The molecular formula is C18H26N2O. The Morgan fingerprint density at radius 2 is 2.05 bits per heavy atom. The molecule has 0 aromatic heterocycles. The Kier molecular flexibility index (Phi) is 4.59. The first-order valence-electron chi connectivity index (χ1n) is 8.29. The third-order valence-electron chi connectivity index (χ3n) is 5.36. The SMILES string of the molecule is NC(CCC(=O)NCC1CC2CCC1C2)c1ccccc1. The Labute approximate surface area is 127 Å². The predicted molar refractivity (Wildman–Crippen MR) is 84.6 cm³/mol. The van der Waals surface area contributed by atoms with Crippen LogP contribution in [0.1, 0.15) is 50.1 Å². The lowest BCUT2D eigenvalue weighted by Gasteiger charge is -2.22. The van der Waals surface area contributed by atoms with Crippen molar-refractivity contribution >= 4 is 5.91 Å². The monoisotopic (exact) mass is 286 g/mol. The summed E-state index contributed by atoms with van der Waals surface area (Å²) in [6.07, 6.45) is 6.77. The minimum atomic E-state index is -0.0422. The van der Waals surface area contributed by atoms with Crippen LogP contribution >= 0.6 is 0 Å². The predicted octanol–water partition coefficient (Wildman–Crippen LogP) is 3.02. The fraction of sp³-hybridized carbons (Fsp3) is 0.611. The van der Waals surface area contributed by atoms with Crippen LogP contribution in [0.3, 0.4) is 0 Å². The number of carbonyl (C=O) groups is 1. The Bertz CT molecular complexity index is 473. The number of rotatable bonds is 6. The summed E-state index contributed by atoms with van der Waals surface area (Å²) >= 11 is 0. The van der Waals surface area contributed by atoms with Crippen molar-refractivity contribution in [3.8, 4) is 0 Å². The van der Waals surface area contributed by atoms with Crippen LogP contribution in [-0.4, -0.2) is 12.5 Å². The van der Waals surface area contributed by atoms with Crippen molar-refractivity contribution in [2.24, 2.45) is 23.5 Å². The second-order valence-electron chi connectivity index (χ2n) is 6.79. The standard InChI is InChI=1S/C18H26N2O/c19-17(14-4-2-1-3-5-14)8-9-18(21)20-12-16-11-13-6-7-15(16)10-13/h1-5,13,15-17H,6-12,19H2,(H,20,21). The summed E-state index contributed by atoms with van der Waals surface area (Å²) in [5, 5.41) is 3.12. The van der Waals surface area contributed by atoms with E-state index in [1.807, 2.05) is 30.3 Å². The highest BCUT2D eigenvalue weighted by Gasteiger charge is 2.39. The van der Waals surface area contributed by atoms with Gasteiger partial charge in [0.1, 0.15) is 0 Å². The first-order chi connectivity index (χ1) is 10.2. The van der Waals surface area contributed by atoms with E-state index in [0.717, 1.165) is 29.9 Å². The molecule has 1 aromatic carbocycles. The van der Waals surface area contributed by atoms with Crippen LogP contribution in [0.2, 0.25) is 0 Å². The molecule has 2 aliphatic carbocycles. The number of nitrogens with two attached hydrogens (primary N) is 1. The zero-order chi connectivity index (χ0) is 14.7. The van der Waals surface area contributed by atoms with Crippen molar-refractivity contribution in [3.05, 3.63) is 35.9 Å². The van der Waals surface area contributed by atoms with E-state index in [0.29, 0.717) is 12.8 Å². The molecule has 3 heteroatoms. The smallest absolute Gasteiger partial charge is 0.220 e. The molecule has 3 nitrogen and oxygen atoms in total. The summed E-state index contributed by atoms with van der Waals surface area (Å²) in [4.78, 5) is 12.0. The number of amides is 1. The minimum Gasteiger partial charge on any atom is -0.356 e. The third kappa shape index (κ3) is 3.65. The summed E-state index contributed by atoms with van der Waals surface area (Å²) in [5.41, 5.74) is 7.24. The second kappa shape index (κ2) is 6.61. The number of hydrogen-bond donors (Lipinski definition) is 2. The van der Waals surface area contributed by atoms with Gasteiger partial charge in [0.2, 0.25) is 5.91 Å². The van der Waals surface area contributed by atoms with E-state index in [1.54, 1.807) is 0 Å². The minimum absolute atomic E-state index is 0.0422. The van der Waals surface area contributed by atoms with Crippen LogP contribution in [0, 0.1) is 17.8 Å². The average molecular weight is 286 g/mol. The molecule has 0 radical (unpaired) electrons. The van der Waals surface area contributed by atoms with Gasteiger partial charge in [0, 0.05) is 19.0 Å². The van der Waals surface area contributed by atoms with Crippen LogP contribution < -0.4 is 11.1 Å². The van der Waals surface area contributed by atoms with Gasteiger partial charge in [-0.05, 0) is 49.0 Å². The molecule has 1 amide bonds. The maximum atomic E-state index is 12.0. The van der Waals surface area contributed by atoms with Gasteiger partial charge in [-0.15, -0.1) is 0 Å². The van der Waals surface area contributed by atoms with Crippen molar-refractivity contribution in [1.82, 2.24) is 5.32 Å². The third-order valence-corrected chi connectivity index (χ3v) is 5.36. The average Bonchev–Trinajstić information content (AvgIpc) is 3.14. The Hall–Kier alpha value is -1.35. The second-order valence-corrected chi connectivity index (χ2v) is 6.79. The van der Waals surface area contributed by atoms with Crippen molar-refractivity contribution in [2.45, 2.75) is 44.6 Å². The van der Waals surface area contributed by atoms with E-state index in [1.165, 1.54) is 25.7 Å². The van der Waals surface area contributed by atoms with Gasteiger partial charge in [0.15, 0.2) is 0 Å². The van der Waals surface area contributed by atoms with Crippen LogP contribution in [0.25, 0.3) is 0 Å². The lowest BCUT2D eigenvalue weighted by molar-refractivity contribution is -0.121. The van der Waals surface area contributed by atoms with Crippen LogP contribution in [0.5, 0.6) is 0 Å². The van der Waals surface area contributed by atoms with Crippen molar-refractivity contribution in [2.75, 3.05) is 6.54 Å². The van der Waals surface area contributed by atoms with Gasteiger partial charge in [-0.2, -0.15) is 0 Å². The molecule has 3 rings (SSSR count). The molecule has 2 bridgehead atoms. The fourth-order valence-electron chi connectivity index (χ4n) is 4.11. The van der Waals surface area contributed by atoms with Crippen molar-refractivity contribution < 1.29 is 4.79 Å². The highest BCUT2D eigenvalue weighted by atomic mass is 16.1. The highest BCUT2D eigenvalue weighted by molar-refractivity contribution is 5.75. The Balaban J connectivity index is 1.37. The van der Waals surface area contributed by atoms with E-state index in [4.69, 9.17) is 5.73 Å². The largest absolute Gasteiger partial charge is 0.356 e. The summed E-state index contributed by atoms with van der Waals surface area (Å²) < 4.78 is 0. The van der Waals surface area contributed by atoms with E-state index in [-0.39, 0.29) is 11.9 Å². The van der Waals surface area contributed by atoms with E-state index < -0.39 is 0 Å². The first-order valence-corrected chi connectivity index (χ1v) is 8.29. The molecule has 4 atom stereocenters. The fourth-order valence-corrected chi connectivity index (χ4v) is 4.11. The normalized spacial score (nSPS) is 28.5. The molecule has 3 N–H and O–H groups in total. The van der Waals surface area contributed by atoms with Crippen LogP contribution in [-0.2, 0) is 4.79 Å².